The summed E-state index contributed by atoms with van der Waals surface area (Å²) in [6, 6.07) is 3.38. The number of ether oxygens (including phenoxy) is 1. The fraction of sp³-hybridized carbons (Fsp3) is 0.438. The highest BCUT2D eigenvalue weighted by atomic mass is 19.4. The van der Waals surface area contributed by atoms with Gasteiger partial charge >= 0.3 is 18.4 Å². The van der Waals surface area contributed by atoms with Crippen LogP contribution >= 0.6 is 0 Å². The summed E-state index contributed by atoms with van der Waals surface area (Å²) in [5.74, 6) is -0.838. The molecule has 0 amide bonds. The number of benzene rings is 1. The van der Waals surface area contributed by atoms with Gasteiger partial charge in [-0.3, -0.25) is 10.1 Å². The molecule has 2 rings (SSSR count). The predicted octanol–water partition coefficient (Wildman–Crippen LogP) is 4.61. The molecule has 170 valence electrons. The molecule has 0 aliphatic heterocycles. The van der Waals surface area contributed by atoms with Gasteiger partial charge in [-0.1, -0.05) is 13.0 Å². The number of hydrogen-bond donors (Lipinski definition) is 2. The molecule has 1 aromatic carbocycles. The Bertz CT molecular complexity index is 909. The second-order valence-electron chi connectivity index (χ2n) is 6.23. The lowest BCUT2D eigenvalue weighted by Crippen LogP contribution is -2.47. The largest absolute Gasteiger partial charge is 0.440 e. The zero-order valence-corrected chi connectivity index (χ0v) is 16.0. The maximum atomic E-state index is 12.8. The van der Waals surface area contributed by atoms with E-state index in [1.807, 2.05) is 0 Å². The van der Waals surface area contributed by atoms with Crippen molar-refractivity contribution in [3.05, 3.63) is 34.4 Å². The lowest BCUT2D eigenvalue weighted by molar-refractivity contribution is -0.384. The summed E-state index contributed by atoms with van der Waals surface area (Å²) in [4.78, 5) is 21.0. The van der Waals surface area contributed by atoms with Crippen LogP contribution in [0.2, 0.25) is 0 Å². The highest BCUT2D eigenvalue weighted by molar-refractivity contribution is 5.58. The Morgan fingerprint density at radius 2 is 1.71 bits per heavy atom. The molecule has 0 saturated heterocycles. The Balaban J connectivity index is 2.43. The molecule has 0 saturated carbocycles. The van der Waals surface area contributed by atoms with Crippen molar-refractivity contribution in [1.29, 1.82) is 0 Å². The number of nitro groups is 1. The van der Waals surface area contributed by atoms with Crippen LogP contribution in [0.3, 0.4) is 0 Å². The van der Waals surface area contributed by atoms with Crippen LogP contribution in [0.4, 0.5) is 49.6 Å². The Hall–Kier alpha value is -3.39. The van der Waals surface area contributed by atoms with Gasteiger partial charge in [0.25, 0.3) is 11.8 Å². The number of rotatable bonds is 8. The molecule has 0 fully saturated rings. The molecule has 9 nitrogen and oxygen atoms in total. The summed E-state index contributed by atoms with van der Waals surface area (Å²) in [7, 11) is 0. The molecule has 2 N–H and O–H groups in total. The Labute approximate surface area is 171 Å². The van der Waals surface area contributed by atoms with Crippen molar-refractivity contribution < 1.29 is 36.0 Å². The topological polar surface area (TPSA) is 115 Å². The van der Waals surface area contributed by atoms with Crippen molar-refractivity contribution >= 4 is 23.3 Å². The molecule has 0 unspecified atom stereocenters. The van der Waals surface area contributed by atoms with Gasteiger partial charge in [0.05, 0.1) is 4.92 Å². The van der Waals surface area contributed by atoms with E-state index < -0.39 is 35.3 Å². The van der Waals surface area contributed by atoms with Crippen LogP contribution in [0.25, 0.3) is 0 Å². The van der Waals surface area contributed by atoms with Gasteiger partial charge in [-0.25, -0.2) is 0 Å². The first kappa shape index (κ1) is 23.9. The Morgan fingerprint density at radius 1 is 1.10 bits per heavy atom. The zero-order chi connectivity index (χ0) is 23.4. The quantitative estimate of drug-likeness (QED) is 0.338. The van der Waals surface area contributed by atoms with E-state index in [1.54, 1.807) is 13.8 Å². The second-order valence-corrected chi connectivity index (χ2v) is 6.23. The minimum atomic E-state index is -5.77. The standard InChI is InChI=1S/C16H16F6N6O3/c1-3-8(2)23-12-25-13(24-9-5-4-6-10(7-9)28(29)30)27-14(26-12)31-11(15(17,18)19)16(20,21)22/h4-8,11H,3H2,1-2H3,(H2,23,24,25,26,27)/t8-/m1/s1. The van der Waals surface area contributed by atoms with E-state index in [0.29, 0.717) is 6.42 Å². The van der Waals surface area contributed by atoms with Crippen LogP contribution in [0.5, 0.6) is 6.01 Å². The summed E-state index contributed by atoms with van der Waals surface area (Å²) in [5.41, 5.74) is -0.258. The van der Waals surface area contributed by atoms with E-state index >= 15 is 0 Å². The average Bonchev–Trinajstić information content (AvgIpc) is 2.64. The Kier molecular flexibility index (Phi) is 7.07. The number of anilines is 3. The van der Waals surface area contributed by atoms with Crippen LogP contribution in [-0.4, -0.2) is 44.4 Å². The number of alkyl halides is 6. The number of aromatic nitrogens is 3. The van der Waals surface area contributed by atoms with Crippen molar-refractivity contribution in [3.63, 3.8) is 0 Å². The van der Waals surface area contributed by atoms with Gasteiger partial charge in [0, 0.05) is 23.9 Å². The van der Waals surface area contributed by atoms with Gasteiger partial charge in [-0.15, -0.1) is 0 Å². The highest BCUT2D eigenvalue weighted by Gasteiger charge is 2.59. The van der Waals surface area contributed by atoms with Gasteiger partial charge in [0.2, 0.25) is 11.9 Å². The minimum Gasteiger partial charge on any atom is -0.440 e. The van der Waals surface area contributed by atoms with Gasteiger partial charge in [-0.05, 0) is 19.4 Å². The number of nitrogens with one attached hydrogen (secondary N) is 2. The summed E-state index contributed by atoms with van der Waals surface area (Å²) in [5, 5.41) is 16.0. The molecule has 1 aromatic heterocycles. The van der Waals surface area contributed by atoms with Crippen LogP contribution < -0.4 is 15.4 Å². The average molecular weight is 454 g/mol. The third-order valence-corrected chi connectivity index (χ3v) is 3.73. The number of nitro benzene ring substituents is 1. The maximum Gasteiger partial charge on any atom is 0.434 e. The van der Waals surface area contributed by atoms with E-state index in [-0.39, 0.29) is 23.4 Å². The van der Waals surface area contributed by atoms with E-state index in [0.717, 1.165) is 6.07 Å². The zero-order valence-electron chi connectivity index (χ0n) is 16.0. The van der Waals surface area contributed by atoms with Crippen molar-refractivity contribution in [2.45, 2.75) is 44.8 Å². The van der Waals surface area contributed by atoms with Gasteiger partial charge < -0.3 is 15.4 Å². The highest BCUT2D eigenvalue weighted by Crippen LogP contribution is 2.36. The molecule has 0 aliphatic carbocycles. The van der Waals surface area contributed by atoms with E-state index in [4.69, 9.17) is 0 Å². The van der Waals surface area contributed by atoms with Crippen LogP contribution in [0.1, 0.15) is 20.3 Å². The number of halogens is 6. The summed E-state index contributed by atoms with van der Waals surface area (Å²) in [6.07, 6.45) is -15.2. The first-order valence-electron chi connectivity index (χ1n) is 8.63. The molecule has 0 bridgehead atoms. The molecule has 15 heteroatoms. The molecule has 0 spiro atoms. The molecular weight excluding hydrogens is 438 g/mol. The van der Waals surface area contributed by atoms with Crippen molar-refractivity contribution in [2.75, 3.05) is 10.6 Å². The fourth-order valence-electron chi connectivity index (χ4n) is 2.10. The predicted molar refractivity (Wildman–Crippen MR) is 96.1 cm³/mol. The maximum absolute atomic E-state index is 12.8. The molecule has 0 aliphatic rings. The van der Waals surface area contributed by atoms with Crippen molar-refractivity contribution in [3.8, 4) is 6.01 Å². The smallest absolute Gasteiger partial charge is 0.434 e. The van der Waals surface area contributed by atoms with Crippen LogP contribution in [0, 0.1) is 10.1 Å². The first-order valence-corrected chi connectivity index (χ1v) is 8.63. The second kappa shape index (κ2) is 9.18. The fourth-order valence-corrected chi connectivity index (χ4v) is 2.10. The first-order chi connectivity index (χ1) is 14.3. The Morgan fingerprint density at radius 3 is 2.26 bits per heavy atom. The van der Waals surface area contributed by atoms with E-state index in [1.165, 1.54) is 18.2 Å². The van der Waals surface area contributed by atoms with Crippen molar-refractivity contribution in [2.24, 2.45) is 0 Å². The molecule has 0 radical (unpaired) electrons. The van der Waals surface area contributed by atoms with Crippen LogP contribution in [0.15, 0.2) is 24.3 Å². The van der Waals surface area contributed by atoms with Gasteiger partial charge in [-0.2, -0.15) is 41.3 Å². The monoisotopic (exact) mass is 454 g/mol. The minimum absolute atomic E-state index is 0.0593. The van der Waals surface area contributed by atoms with Gasteiger partial charge in [0.1, 0.15) is 0 Å². The normalized spacial score (nSPS) is 13.1. The lowest BCUT2D eigenvalue weighted by atomic mass is 10.3. The van der Waals surface area contributed by atoms with Crippen molar-refractivity contribution in [1.82, 2.24) is 15.0 Å². The molecule has 31 heavy (non-hydrogen) atoms. The lowest BCUT2D eigenvalue weighted by Gasteiger charge is -2.23. The molecular formula is C16H16F6N6O3. The number of hydrogen-bond acceptors (Lipinski definition) is 8. The summed E-state index contributed by atoms with van der Waals surface area (Å²) in [6.45, 7) is 3.44. The van der Waals surface area contributed by atoms with E-state index in [2.05, 4.69) is 30.3 Å². The summed E-state index contributed by atoms with van der Waals surface area (Å²) >= 11 is 0. The summed E-state index contributed by atoms with van der Waals surface area (Å²) < 4.78 is 81.0. The molecule has 2 aromatic rings. The third kappa shape index (κ3) is 6.82. The van der Waals surface area contributed by atoms with Gasteiger partial charge in [0.15, 0.2) is 0 Å². The number of nitrogens with zero attached hydrogens (tertiary/aromatic N) is 4. The molecule has 1 heterocycles. The number of non-ortho nitro benzene ring substituents is 1. The third-order valence-electron chi connectivity index (χ3n) is 3.73. The van der Waals surface area contributed by atoms with Crippen LogP contribution in [-0.2, 0) is 0 Å². The SMILES string of the molecule is CC[C@@H](C)Nc1nc(Nc2cccc([N+](=O)[O-])c2)nc(OC(C(F)(F)F)C(F)(F)F)n1. The molecule has 1 atom stereocenters. The van der Waals surface area contributed by atoms with E-state index in [9.17, 15) is 36.5 Å².